The van der Waals surface area contributed by atoms with E-state index in [-0.39, 0.29) is 25.0 Å². The van der Waals surface area contributed by atoms with Crippen molar-refractivity contribution >= 4 is 11.8 Å². The standard InChI is InChI=1S/C14H21N3O3/c1-3-17(9-13(18)16-2)14(19)10-20-12-7-5-4-6-11(12)8-15/h4-7H,3,8-10,15H2,1-2H3,(H,16,18). The Morgan fingerprint density at radius 3 is 2.65 bits per heavy atom. The number of carbonyl (C=O) groups excluding carboxylic acids is 2. The Bertz CT molecular complexity index is 463. The van der Waals surface area contributed by atoms with Gasteiger partial charge in [0.15, 0.2) is 6.61 Å². The summed E-state index contributed by atoms with van der Waals surface area (Å²) >= 11 is 0. The molecule has 6 nitrogen and oxygen atoms in total. The molecule has 3 N–H and O–H groups in total. The van der Waals surface area contributed by atoms with Gasteiger partial charge in [0.1, 0.15) is 5.75 Å². The highest BCUT2D eigenvalue weighted by Gasteiger charge is 2.15. The van der Waals surface area contributed by atoms with Crippen molar-refractivity contribution in [2.24, 2.45) is 5.73 Å². The van der Waals surface area contributed by atoms with Gasteiger partial charge in [-0.25, -0.2) is 0 Å². The van der Waals surface area contributed by atoms with E-state index in [0.717, 1.165) is 5.56 Å². The van der Waals surface area contributed by atoms with Crippen LogP contribution in [0.1, 0.15) is 12.5 Å². The maximum Gasteiger partial charge on any atom is 0.260 e. The van der Waals surface area contributed by atoms with Gasteiger partial charge in [0.25, 0.3) is 5.91 Å². The van der Waals surface area contributed by atoms with Gasteiger partial charge in [-0.3, -0.25) is 9.59 Å². The van der Waals surface area contributed by atoms with Crippen molar-refractivity contribution in [1.29, 1.82) is 0 Å². The summed E-state index contributed by atoms with van der Waals surface area (Å²) in [5, 5.41) is 2.49. The molecular weight excluding hydrogens is 258 g/mol. The molecule has 0 radical (unpaired) electrons. The van der Waals surface area contributed by atoms with E-state index in [1.165, 1.54) is 11.9 Å². The highest BCUT2D eigenvalue weighted by Crippen LogP contribution is 2.16. The van der Waals surface area contributed by atoms with E-state index in [9.17, 15) is 9.59 Å². The van der Waals surface area contributed by atoms with E-state index in [0.29, 0.717) is 18.8 Å². The zero-order valence-corrected chi connectivity index (χ0v) is 11.9. The smallest absolute Gasteiger partial charge is 0.260 e. The van der Waals surface area contributed by atoms with Gasteiger partial charge in [0.05, 0.1) is 6.54 Å². The Morgan fingerprint density at radius 1 is 1.35 bits per heavy atom. The fraction of sp³-hybridized carbons (Fsp3) is 0.429. The molecule has 0 atom stereocenters. The van der Waals surface area contributed by atoms with Gasteiger partial charge in [-0.05, 0) is 13.0 Å². The number of rotatable bonds is 7. The number of para-hydroxylation sites is 1. The second-order valence-electron chi connectivity index (χ2n) is 4.18. The lowest BCUT2D eigenvalue weighted by Crippen LogP contribution is -2.41. The van der Waals surface area contributed by atoms with Crippen molar-refractivity contribution in [1.82, 2.24) is 10.2 Å². The molecule has 1 rings (SSSR count). The number of nitrogens with two attached hydrogens (primary N) is 1. The first kappa shape index (κ1) is 16.0. The third kappa shape index (κ3) is 4.55. The lowest BCUT2D eigenvalue weighted by Gasteiger charge is -2.20. The normalized spacial score (nSPS) is 9.95. The van der Waals surface area contributed by atoms with Crippen molar-refractivity contribution in [3.63, 3.8) is 0 Å². The first-order valence-corrected chi connectivity index (χ1v) is 6.51. The SMILES string of the molecule is CCN(CC(=O)NC)C(=O)COc1ccccc1CN. The fourth-order valence-electron chi connectivity index (χ4n) is 1.67. The van der Waals surface area contributed by atoms with E-state index in [4.69, 9.17) is 10.5 Å². The number of likely N-dealkylation sites (N-methyl/N-ethyl adjacent to an activating group) is 2. The van der Waals surface area contributed by atoms with Gasteiger partial charge < -0.3 is 20.7 Å². The highest BCUT2D eigenvalue weighted by molar-refractivity contribution is 5.85. The predicted molar refractivity (Wildman–Crippen MR) is 76.1 cm³/mol. The molecule has 0 spiro atoms. The van der Waals surface area contributed by atoms with E-state index in [1.54, 1.807) is 6.07 Å². The number of hydrogen-bond acceptors (Lipinski definition) is 4. The molecule has 0 saturated carbocycles. The number of benzene rings is 1. The third-order valence-corrected chi connectivity index (χ3v) is 2.89. The highest BCUT2D eigenvalue weighted by atomic mass is 16.5. The van der Waals surface area contributed by atoms with Crippen molar-refractivity contribution in [3.05, 3.63) is 29.8 Å². The summed E-state index contributed by atoms with van der Waals surface area (Å²) in [7, 11) is 1.54. The average molecular weight is 279 g/mol. The van der Waals surface area contributed by atoms with Crippen LogP contribution >= 0.6 is 0 Å². The molecule has 0 aliphatic carbocycles. The van der Waals surface area contributed by atoms with Crippen LogP contribution in [-0.2, 0) is 16.1 Å². The van der Waals surface area contributed by atoms with E-state index in [1.807, 2.05) is 25.1 Å². The van der Waals surface area contributed by atoms with E-state index >= 15 is 0 Å². The minimum Gasteiger partial charge on any atom is -0.483 e. The number of nitrogens with zero attached hydrogens (tertiary/aromatic N) is 1. The van der Waals surface area contributed by atoms with Crippen molar-refractivity contribution in [2.75, 3.05) is 26.7 Å². The molecule has 20 heavy (non-hydrogen) atoms. The fourth-order valence-corrected chi connectivity index (χ4v) is 1.67. The van der Waals surface area contributed by atoms with E-state index < -0.39 is 0 Å². The maximum absolute atomic E-state index is 12.0. The second-order valence-corrected chi connectivity index (χ2v) is 4.18. The summed E-state index contributed by atoms with van der Waals surface area (Å²) in [4.78, 5) is 24.7. The van der Waals surface area contributed by atoms with Crippen LogP contribution in [0, 0.1) is 0 Å². The second kappa shape index (κ2) is 8.16. The first-order valence-electron chi connectivity index (χ1n) is 6.51. The minimum atomic E-state index is -0.233. The molecule has 1 aromatic rings. The summed E-state index contributed by atoms with van der Waals surface area (Å²) in [6.45, 7) is 2.54. The number of amides is 2. The Kier molecular flexibility index (Phi) is 6.52. The summed E-state index contributed by atoms with van der Waals surface area (Å²) < 4.78 is 5.48. The zero-order chi connectivity index (χ0) is 15.0. The molecule has 0 unspecified atom stereocenters. The average Bonchev–Trinajstić information content (AvgIpc) is 2.50. The minimum absolute atomic E-state index is 0.0354. The molecule has 110 valence electrons. The van der Waals surface area contributed by atoms with Crippen LogP contribution in [0.5, 0.6) is 5.75 Å². The van der Waals surface area contributed by atoms with E-state index in [2.05, 4.69) is 5.32 Å². The third-order valence-electron chi connectivity index (χ3n) is 2.89. The van der Waals surface area contributed by atoms with Crippen LogP contribution in [0.3, 0.4) is 0 Å². The number of nitrogens with one attached hydrogen (secondary N) is 1. The number of hydrogen-bond donors (Lipinski definition) is 2. The summed E-state index contributed by atoms with van der Waals surface area (Å²) in [5.41, 5.74) is 6.44. The van der Waals surface area contributed by atoms with Crippen LogP contribution in [0.4, 0.5) is 0 Å². The molecule has 0 aliphatic heterocycles. The van der Waals surface area contributed by atoms with Crippen LogP contribution in [-0.4, -0.2) is 43.5 Å². The van der Waals surface area contributed by atoms with Crippen molar-refractivity contribution in [3.8, 4) is 5.75 Å². The molecule has 0 saturated heterocycles. The maximum atomic E-state index is 12.0. The van der Waals surface area contributed by atoms with Crippen LogP contribution in [0.25, 0.3) is 0 Å². The molecule has 0 aliphatic rings. The molecule has 0 bridgehead atoms. The topological polar surface area (TPSA) is 84.7 Å². The van der Waals surface area contributed by atoms with Gasteiger partial charge in [-0.2, -0.15) is 0 Å². The summed E-state index contributed by atoms with van der Waals surface area (Å²) in [6.07, 6.45) is 0. The number of ether oxygens (including phenoxy) is 1. The quantitative estimate of drug-likeness (QED) is 0.742. The van der Waals surface area contributed by atoms with Gasteiger partial charge in [0, 0.05) is 25.7 Å². The molecule has 0 fully saturated rings. The zero-order valence-electron chi connectivity index (χ0n) is 11.9. The number of carbonyl (C=O) groups is 2. The Hall–Kier alpha value is -2.08. The lowest BCUT2D eigenvalue weighted by molar-refractivity contribution is -0.137. The Balaban J connectivity index is 2.59. The molecular formula is C14H21N3O3. The molecule has 6 heteroatoms. The van der Waals surface area contributed by atoms with Gasteiger partial charge in [-0.15, -0.1) is 0 Å². The van der Waals surface area contributed by atoms with Gasteiger partial charge in [0.2, 0.25) is 5.91 Å². The van der Waals surface area contributed by atoms with Crippen LogP contribution < -0.4 is 15.8 Å². The van der Waals surface area contributed by atoms with Crippen molar-refractivity contribution < 1.29 is 14.3 Å². The first-order chi connectivity index (χ1) is 9.62. The predicted octanol–water partition coefficient (Wildman–Crippen LogP) is 0.119. The van der Waals surface area contributed by atoms with Crippen LogP contribution in [0.15, 0.2) is 24.3 Å². The summed E-state index contributed by atoms with van der Waals surface area (Å²) in [5.74, 6) is 0.157. The summed E-state index contributed by atoms with van der Waals surface area (Å²) in [6, 6.07) is 7.30. The molecule has 1 aromatic carbocycles. The van der Waals surface area contributed by atoms with Crippen LogP contribution in [0.2, 0.25) is 0 Å². The molecule has 2 amide bonds. The lowest BCUT2D eigenvalue weighted by atomic mass is 10.2. The van der Waals surface area contributed by atoms with Gasteiger partial charge in [-0.1, -0.05) is 18.2 Å². The Labute approximate surface area is 118 Å². The Morgan fingerprint density at radius 2 is 2.05 bits per heavy atom. The molecule has 0 aromatic heterocycles. The van der Waals surface area contributed by atoms with Gasteiger partial charge >= 0.3 is 0 Å². The van der Waals surface area contributed by atoms with Crippen molar-refractivity contribution in [2.45, 2.75) is 13.5 Å². The monoisotopic (exact) mass is 279 g/mol. The largest absolute Gasteiger partial charge is 0.483 e. The molecule has 0 heterocycles.